The van der Waals surface area contributed by atoms with Gasteiger partial charge in [0.2, 0.25) is 0 Å². The highest BCUT2D eigenvalue weighted by atomic mass is 16.3. The number of hydrogen-bond donors (Lipinski definition) is 1. The van der Waals surface area contributed by atoms with Crippen LogP contribution >= 0.6 is 0 Å². The molecule has 0 aliphatic heterocycles. The summed E-state index contributed by atoms with van der Waals surface area (Å²) in [6.45, 7) is 6.50. The Hall–Kier alpha value is -0.0400. The third kappa shape index (κ3) is 1.41. The number of fused-ring (bicyclic) bond motifs is 2. The number of rotatable bonds is 3. The molecular formula is C13H24O. The first-order valence-electron chi connectivity index (χ1n) is 6.30. The van der Waals surface area contributed by atoms with Crippen LogP contribution in [-0.4, -0.2) is 10.7 Å². The molecule has 1 nitrogen and oxygen atoms in total. The third-order valence-electron chi connectivity index (χ3n) is 4.95. The minimum Gasteiger partial charge on any atom is -0.389 e. The molecule has 2 fully saturated rings. The van der Waals surface area contributed by atoms with E-state index in [-0.39, 0.29) is 5.60 Å². The molecule has 1 N–H and O–H groups in total. The molecule has 0 aromatic carbocycles. The van der Waals surface area contributed by atoms with Crippen molar-refractivity contribution in [3.8, 4) is 0 Å². The van der Waals surface area contributed by atoms with E-state index in [0.29, 0.717) is 11.8 Å². The Kier molecular flexibility index (Phi) is 2.63. The Labute approximate surface area is 87.9 Å². The predicted molar refractivity (Wildman–Crippen MR) is 59.0 cm³/mol. The van der Waals surface area contributed by atoms with Gasteiger partial charge in [-0.05, 0) is 49.4 Å². The molecule has 0 heterocycles. The van der Waals surface area contributed by atoms with Crippen molar-refractivity contribution in [3.63, 3.8) is 0 Å². The van der Waals surface area contributed by atoms with E-state index in [1.54, 1.807) is 0 Å². The standard InChI is InChI=1S/C13H24O/c1-4-13(14,9(2)3)12-8-10-5-6-11(12)7-10/h9-12,14H,4-8H2,1-3H3. The van der Waals surface area contributed by atoms with Crippen LogP contribution in [0.1, 0.15) is 52.9 Å². The molecule has 2 bridgehead atoms. The van der Waals surface area contributed by atoms with Gasteiger partial charge < -0.3 is 5.11 Å². The zero-order valence-electron chi connectivity index (χ0n) is 9.79. The third-order valence-corrected chi connectivity index (χ3v) is 4.95. The lowest BCUT2D eigenvalue weighted by Crippen LogP contribution is -2.44. The average Bonchev–Trinajstić information content (AvgIpc) is 2.77. The second-order valence-electron chi connectivity index (χ2n) is 5.78. The fourth-order valence-electron chi connectivity index (χ4n) is 3.96. The Balaban J connectivity index is 2.13. The Morgan fingerprint density at radius 1 is 1.29 bits per heavy atom. The lowest BCUT2D eigenvalue weighted by atomic mass is 9.69. The molecule has 82 valence electrons. The fourth-order valence-corrected chi connectivity index (χ4v) is 3.96. The van der Waals surface area contributed by atoms with Crippen LogP contribution in [0.15, 0.2) is 0 Å². The molecule has 0 saturated heterocycles. The molecule has 14 heavy (non-hydrogen) atoms. The van der Waals surface area contributed by atoms with Crippen LogP contribution in [0, 0.1) is 23.7 Å². The maximum Gasteiger partial charge on any atom is 0.0698 e. The second-order valence-corrected chi connectivity index (χ2v) is 5.78. The summed E-state index contributed by atoms with van der Waals surface area (Å²) in [5.74, 6) is 2.80. The summed E-state index contributed by atoms with van der Waals surface area (Å²) in [6.07, 6.45) is 6.44. The molecule has 4 unspecified atom stereocenters. The van der Waals surface area contributed by atoms with Crippen molar-refractivity contribution in [1.82, 2.24) is 0 Å². The van der Waals surface area contributed by atoms with Gasteiger partial charge in [0, 0.05) is 0 Å². The summed E-state index contributed by atoms with van der Waals surface area (Å²) in [5.41, 5.74) is -0.375. The summed E-state index contributed by atoms with van der Waals surface area (Å²) < 4.78 is 0. The second kappa shape index (κ2) is 3.52. The lowest BCUT2D eigenvalue weighted by molar-refractivity contribution is -0.0801. The van der Waals surface area contributed by atoms with Gasteiger partial charge in [0.05, 0.1) is 5.60 Å². The van der Waals surface area contributed by atoms with E-state index < -0.39 is 0 Å². The van der Waals surface area contributed by atoms with Crippen LogP contribution in [-0.2, 0) is 0 Å². The molecule has 0 spiro atoms. The highest BCUT2D eigenvalue weighted by molar-refractivity contribution is 5.00. The fraction of sp³-hybridized carbons (Fsp3) is 1.00. The first kappa shape index (κ1) is 10.5. The van der Waals surface area contributed by atoms with Crippen LogP contribution < -0.4 is 0 Å². The zero-order valence-corrected chi connectivity index (χ0v) is 9.79. The van der Waals surface area contributed by atoms with Crippen LogP contribution in [0.2, 0.25) is 0 Å². The summed E-state index contributed by atoms with van der Waals surface area (Å²) in [6, 6.07) is 0. The molecule has 2 rings (SSSR count). The van der Waals surface area contributed by atoms with E-state index in [2.05, 4.69) is 20.8 Å². The maximum atomic E-state index is 10.7. The summed E-state index contributed by atoms with van der Waals surface area (Å²) >= 11 is 0. The zero-order chi connectivity index (χ0) is 10.3. The highest BCUT2D eigenvalue weighted by Gasteiger charge is 2.50. The van der Waals surface area contributed by atoms with Gasteiger partial charge >= 0.3 is 0 Å². The number of aliphatic hydroxyl groups is 1. The average molecular weight is 196 g/mol. The summed E-state index contributed by atoms with van der Waals surface area (Å²) in [4.78, 5) is 0. The van der Waals surface area contributed by atoms with Crippen molar-refractivity contribution in [2.45, 2.75) is 58.5 Å². The van der Waals surface area contributed by atoms with E-state index in [9.17, 15) is 5.11 Å². The van der Waals surface area contributed by atoms with Crippen molar-refractivity contribution in [3.05, 3.63) is 0 Å². The molecule has 2 aliphatic rings. The van der Waals surface area contributed by atoms with E-state index in [4.69, 9.17) is 0 Å². The smallest absolute Gasteiger partial charge is 0.0698 e. The van der Waals surface area contributed by atoms with E-state index >= 15 is 0 Å². The van der Waals surface area contributed by atoms with Crippen LogP contribution in [0.5, 0.6) is 0 Å². The lowest BCUT2D eigenvalue weighted by Gasteiger charge is -2.41. The summed E-state index contributed by atoms with van der Waals surface area (Å²) in [7, 11) is 0. The van der Waals surface area contributed by atoms with Gasteiger partial charge in [-0.2, -0.15) is 0 Å². The van der Waals surface area contributed by atoms with Gasteiger partial charge in [0.15, 0.2) is 0 Å². The maximum absolute atomic E-state index is 10.7. The first-order chi connectivity index (χ1) is 6.58. The Bertz CT molecular complexity index is 211. The van der Waals surface area contributed by atoms with Crippen LogP contribution in [0.25, 0.3) is 0 Å². The molecule has 0 aromatic heterocycles. The van der Waals surface area contributed by atoms with Crippen LogP contribution in [0.4, 0.5) is 0 Å². The summed E-state index contributed by atoms with van der Waals surface area (Å²) in [5, 5.41) is 10.7. The van der Waals surface area contributed by atoms with Gasteiger partial charge in [-0.25, -0.2) is 0 Å². The molecule has 2 aliphatic carbocycles. The highest BCUT2D eigenvalue weighted by Crippen LogP contribution is 2.54. The van der Waals surface area contributed by atoms with Gasteiger partial charge in [-0.15, -0.1) is 0 Å². The number of hydrogen-bond acceptors (Lipinski definition) is 1. The molecular weight excluding hydrogens is 172 g/mol. The molecule has 0 aromatic rings. The van der Waals surface area contributed by atoms with Crippen molar-refractivity contribution in [2.24, 2.45) is 23.7 Å². The largest absolute Gasteiger partial charge is 0.389 e. The van der Waals surface area contributed by atoms with Crippen molar-refractivity contribution < 1.29 is 5.11 Å². The Morgan fingerprint density at radius 2 is 2.00 bits per heavy atom. The quantitative estimate of drug-likeness (QED) is 0.735. The predicted octanol–water partition coefficient (Wildman–Crippen LogP) is 3.22. The molecule has 0 radical (unpaired) electrons. The SMILES string of the molecule is CCC(O)(C(C)C)C1CC2CCC1C2. The topological polar surface area (TPSA) is 20.2 Å². The van der Waals surface area contributed by atoms with Gasteiger partial charge in [-0.3, -0.25) is 0 Å². The van der Waals surface area contributed by atoms with Crippen molar-refractivity contribution in [1.29, 1.82) is 0 Å². The normalized spacial score (nSPS) is 40.5. The van der Waals surface area contributed by atoms with Crippen molar-refractivity contribution in [2.75, 3.05) is 0 Å². The molecule has 2 saturated carbocycles. The van der Waals surface area contributed by atoms with E-state index in [1.165, 1.54) is 25.7 Å². The molecule has 1 heteroatoms. The van der Waals surface area contributed by atoms with Gasteiger partial charge in [0.25, 0.3) is 0 Å². The van der Waals surface area contributed by atoms with E-state index in [0.717, 1.165) is 18.3 Å². The minimum absolute atomic E-state index is 0.375. The molecule has 4 atom stereocenters. The monoisotopic (exact) mass is 196 g/mol. The van der Waals surface area contributed by atoms with Crippen LogP contribution in [0.3, 0.4) is 0 Å². The van der Waals surface area contributed by atoms with Crippen molar-refractivity contribution >= 4 is 0 Å². The molecule has 0 amide bonds. The first-order valence-corrected chi connectivity index (χ1v) is 6.30. The Morgan fingerprint density at radius 3 is 2.36 bits per heavy atom. The van der Waals surface area contributed by atoms with Gasteiger partial charge in [-0.1, -0.05) is 27.2 Å². The van der Waals surface area contributed by atoms with E-state index in [1.807, 2.05) is 0 Å². The van der Waals surface area contributed by atoms with Gasteiger partial charge in [0.1, 0.15) is 0 Å². The minimum atomic E-state index is -0.375.